The van der Waals surface area contributed by atoms with Gasteiger partial charge in [-0.05, 0) is 35.9 Å². The SMILES string of the molecule is COC(=O)c1ccc(Br)cc1[C@]1(C(OC)OC)CCOc2cc(Cl)ccc21. The van der Waals surface area contributed by atoms with Crippen LogP contribution < -0.4 is 4.74 Å². The molecule has 27 heavy (non-hydrogen) atoms. The zero-order valence-electron chi connectivity index (χ0n) is 15.3. The lowest BCUT2D eigenvalue weighted by Gasteiger charge is -2.44. The van der Waals surface area contributed by atoms with Gasteiger partial charge in [0.2, 0.25) is 0 Å². The van der Waals surface area contributed by atoms with Crippen LogP contribution in [0.25, 0.3) is 0 Å². The van der Waals surface area contributed by atoms with E-state index in [1.165, 1.54) is 7.11 Å². The minimum Gasteiger partial charge on any atom is -0.493 e. The third-order valence-electron chi connectivity index (χ3n) is 4.88. The van der Waals surface area contributed by atoms with Gasteiger partial charge in [-0.3, -0.25) is 0 Å². The lowest BCUT2D eigenvalue weighted by molar-refractivity contribution is -0.146. The molecule has 0 aliphatic carbocycles. The average molecular weight is 456 g/mol. The van der Waals surface area contributed by atoms with E-state index in [1.54, 1.807) is 38.5 Å². The minimum absolute atomic E-state index is 0.420. The highest BCUT2D eigenvalue weighted by Crippen LogP contribution is 2.49. The summed E-state index contributed by atoms with van der Waals surface area (Å²) >= 11 is 9.68. The first-order valence-electron chi connectivity index (χ1n) is 8.34. The number of ether oxygens (including phenoxy) is 4. The molecule has 0 radical (unpaired) electrons. The zero-order chi connectivity index (χ0) is 19.6. The van der Waals surface area contributed by atoms with Crippen LogP contribution in [0.2, 0.25) is 5.02 Å². The molecule has 5 nitrogen and oxygen atoms in total. The number of esters is 1. The lowest BCUT2D eigenvalue weighted by Crippen LogP contribution is -2.47. The van der Waals surface area contributed by atoms with E-state index in [1.807, 2.05) is 12.1 Å². The van der Waals surface area contributed by atoms with Crippen LogP contribution in [-0.2, 0) is 19.6 Å². The summed E-state index contributed by atoms with van der Waals surface area (Å²) in [6.07, 6.45) is -0.104. The van der Waals surface area contributed by atoms with Crippen molar-refractivity contribution in [2.24, 2.45) is 0 Å². The minimum atomic E-state index is -0.783. The molecule has 0 aromatic heterocycles. The summed E-state index contributed by atoms with van der Waals surface area (Å²) in [6, 6.07) is 10.9. The van der Waals surface area contributed by atoms with Crippen molar-refractivity contribution in [3.05, 3.63) is 62.6 Å². The van der Waals surface area contributed by atoms with Crippen LogP contribution >= 0.6 is 27.5 Å². The molecule has 3 rings (SSSR count). The molecule has 1 aliphatic rings. The van der Waals surface area contributed by atoms with Crippen LogP contribution in [0, 0.1) is 0 Å². The van der Waals surface area contributed by atoms with Crippen molar-refractivity contribution in [2.75, 3.05) is 27.9 Å². The van der Waals surface area contributed by atoms with E-state index in [0.29, 0.717) is 29.4 Å². The standard InChI is InChI=1S/C20H20BrClO5/c1-24-18(23)14-6-4-12(21)10-16(14)20(19(25-2)26-3)8-9-27-17-11-13(22)5-7-15(17)20/h4-7,10-11,19H,8-9H2,1-3H3/t20-/m0/s1. The molecule has 0 saturated heterocycles. The highest BCUT2D eigenvalue weighted by Gasteiger charge is 2.49. The molecule has 2 aromatic carbocycles. The Morgan fingerprint density at radius 1 is 1.15 bits per heavy atom. The van der Waals surface area contributed by atoms with E-state index in [2.05, 4.69) is 15.9 Å². The van der Waals surface area contributed by atoms with Crippen molar-refractivity contribution in [1.29, 1.82) is 0 Å². The first kappa shape index (κ1) is 20.1. The Kier molecular flexibility index (Phi) is 6.11. The monoisotopic (exact) mass is 454 g/mol. The molecule has 7 heteroatoms. The molecule has 0 saturated carbocycles. The fraction of sp³-hybridized carbons (Fsp3) is 0.350. The Morgan fingerprint density at radius 2 is 1.89 bits per heavy atom. The van der Waals surface area contributed by atoms with Crippen LogP contribution in [0.3, 0.4) is 0 Å². The van der Waals surface area contributed by atoms with Gasteiger partial charge >= 0.3 is 5.97 Å². The van der Waals surface area contributed by atoms with Gasteiger partial charge < -0.3 is 18.9 Å². The number of benzene rings is 2. The Morgan fingerprint density at radius 3 is 2.56 bits per heavy atom. The van der Waals surface area contributed by atoms with Gasteiger partial charge in [0.1, 0.15) is 5.75 Å². The zero-order valence-corrected chi connectivity index (χ0v) is 17.6. The molecule has 0 fully saturated rings. The maximum Gasteiger partial charge on any atom is 0.338 e. The Bertz CT molecular complexity index is 852. The number of hydrogen-bond donors (Lipinski definition) is 0. The summed E-state index contributed by atoms with van der Waals surface area (Å²) in [4.78, 5) is 12.5. The highest BCUT2D eigenvalue weighted by molar-refractivity contribution is 9.10. The normalized spacial score (nSPS) is 18.7. The molecule has 0 spiro atoms. The first-order chi connectivity index (χ1) is 13.0. The lowest BCUT2D eigenvalue weighted by atomic mass is 9.68. The number of carbonyl (C=O) groups is 1. The summed E-state index contributed by atoms with van der Waals surface area (Å²) in [5.41, 5.74) is 1.25. The molecule has 2 aromatic rings. The molecule has 1 atom stereocenters. The summed E-state index contributed by atoms with van der Waals surface area (Å²) in [5, 5.41) is 0.568. The van der Waals surface area contributed by atoms with Gasteiger partial charge in [0.05, 0.1) is 24.7 Å². The maximum absolute atomic E-state index is 12.5. The van der Waals surface area contributed by atoms with Crippen molar-refractivity contribution >= 4 is 33.5 Å². The van der Waals surface area contributed by atoms with Gasteiger partial charge in [0, 0.05) is 35.7 Å². The van der Waals surface area contributed by atoms with Crippen molar-refractivity contribution in [1.82, 2.24) is 0 Å². The smallest absolute Gasteiger partial charge is 0.338 e. The van der Waals surface area contributed by atoms with Crippen LogP contribution in [0.4, 0.5) is 0 Å². The maximum atomic E-state index is 12.5. The number of carbonyl (C=O) groups excluding carboxylic acids is 1. The predicted octanol–water partition coefficient (Wildman–Crippen LogP) is 4.58. The second-order valence-corrected chi connectivity index (χ2v) is 7.55. The average Bonchev–Trinajstić information content (AvgIpc) is 2.68. The van der Waals surface area contributed by atoms with Crippen LogP contribution in [0.1, 0.15) is 27.9 Å². The number of fused-ring (bicyclic) bond motifs is 1. The van der Waals surface area contributed by atoms with Gasteiger partial charge in [-0.2, -0.15) is 0 Å². The number of rotatable bonds is 5. The van der Waals surface area contributed by atoms with E-state index in [-0.39, 0.29) is 0 Å². The van der Waals surface area contributed by atoms with E-state index < -0.39 is 17.7 Å². The van der Waals surface area contributed by atoms with Crippen molar-refractivity contribution in [3.8, 4) is 5.75 Å². The first-order valence-corrected chi connectivity index (χ1v) is 9.51. The van der Waals surface area contributed by atoms with Gasteiger partial charge in [0.25, 0.3) is 0 Å². The molecule has 1 aliphatic heterocycles. The van der Waals surface area contributed by atoms with Gasteiger partial charge in [-0.1, -0.05) is 33.6 Å². The Balaban J connectivity index is 2.37. The van der Waals surface area contributed by atoms with Crippen molar-refractivity contribution in [2.45, 2.75) is 18.1 Å². The molecule has 0 unspecified atom stereocenters. The molecular formula is C20H20BrClO5. The highest BCUT2D eigenvalue weighted by atomic mass is 79.9. The fourth-order valence-electron chi connectivity index (χ4n) is 3.76. The Labute approximate surface area is 171 Å². The van der Waals surface area contributed by atoms with E-state index in [0.717, 1.165) is 15.6 Å². The quantitative estimate of drug-likeness (QED) is 0.488. The van der Waals surface area contributed by atoms with Gasteiger partial charge in [0.15, 0.2) is 6.29 Å². The molecule has 0 amide bonds. The summed E-state index contributed by atoms with van der Waals surface area (Å²) in [5.74, 6) is 0.216. The molecule has 144 valence electrons. The van der Waals surface area contributed by atoms with Crippen LogP contribution in [0.5, 0.6) is 5.75 Å². The molecule has 0 bridgehead atoms. The summed E-state index contributed by atoms with van der Waals surface area (Å²) in [6.45, 7) is 0.420. The topological polar surface area (TPSA) is 54.0 Å². The molecular weight excluding hydrogens is 436 g/mol. The largest absolute Gasteiger partial charge is 0.493 e. The second-order valence-electron chi connectivity index (χ2n) is 6.20. The number of halogens is 2. The second kappa shape index (κ2) is 8.19. The van der Waals surface area contributed by atoms with E-state index in [9.17, 15) is 4.79 Å². The Hall–Kier alpha value is -1.60. The number of hydrogen-bond acceptors (Lipinski definition) is 5. The fourth-order valence-corrected chi connectivity index (χ4v) is 4.29. The predicted molar refractivity (Wildman–Crippen MR) is 106 cm³/mol. The third-order valence-corrected chi connectivity index (χ3v) is 5.60. The van der Waals surface area contributed by atoms with Gasteiger partial charge in [-0.15, -0.1) is 0 Å². The molecule has 0 N–H and O–H groups in total. The van der Waals surface area contributed by atoms with Crippen LogP contribution in [-0.4, -0.2) is 40.2 Å². The van der Waals surface area contributed by atoms with Gasteiger partial charge in [-0.25, -0.2) is 4.79 Å². The number of methoxy groups -OCH3 is 3. The third kappa shape index (κ3) is 3.47. The summed E-state index contributed by atoms with van der Waals surface area (Å²) in [7, 11) is 4.52. The molecule has 1 heterocycles. The van der Waals surface area contributed by atoms with E-state index >= 15 is 0 Å². The van der Waals surface area contributed by atoms with E-state index in [4.69, 9.17) is 30.5 Å². The van der Waals surface area contributed by atoms with Crippen molar-refractivity contribution in [3.63, 3.8) is 0 Å². The van der Waals surface area contributed by atoms with Crippen LogP contribution in [0.15, 0.2) is 40.9 Å². The summed E-state index contributed by atoms with van der Waals surface area (Å²) < 4.78 is 23.1. The van der Waals surface area contributed by atoms with Crippen molar-refractivity contribution < 1.29 is 23.7 Å².